The maximum absolute atomic E-state index is 13.8. The van der Waals surface area contributed by atoms with Gasteiger partial charge in [0.25, 0.3) is 0 Å². The third-order valence-electron chi connectivity index (χ3n) is 8.60. The number of hydrogen-bond donors (Lipinski definition) is 2. The molecular weight excluding hydrogens is 525 g/mol. The van der Waals surface area contributed by atoms with Crippen LogP contribution in [0.5, 0.6) is 0 Å². The topological polar surface area (TPSA) is 115 Å². The minimum atomic E-state index is -1.05. The van der Waals surface area contributed by atoms with Crippen molar-refractivity contribution in [2.24, 2.45) is 0 Å². The van der Waals surface area contributed by atoms with Gasteiger partial charge in [0.15, 0.2) is 0 Å². The molecule has 4 rings (SSSR count). The first-order chi connectivity index (χ1) is 19.6. The molecule has 3 heterocycles. The zero-order valence-corrected chi connectivity index (χ0v) is 25.0. The van der Waals surface area contributed by atoms with Gasteiger partial charge in [-0.3, -0.25) is 14.4 Å². The normalized spacial score (nSPS) is 23.5. The average molecular weight is 572 g/mol. The van der Waals surface area contributed by atoms with Crippen LogP contribution in [0.15, 0.2) is 30.3 Å². The highest BCUT2D eigenvalue weighted by atomic mass is 16.7. The number of benzene rings is 1. The highest BCUT2D eigenvalue weighted by molar-refractivity contribution is 6.48. The zero-order valence-electron chi connectivity index (χ0n) is 25.0. The van der Waals surface area contributed by atoms with Crippen LogP contribution < -0.4 is 10.6 Å². The van der Waals surface area contributed by atoms with E-state index in [4.69, 9.17) is 18.8 Å². The van der Waals surface area contributed by atoms with E-state index in [1.165, 1.54) is 5.56 Å². The van der Waals surface area contributed by atoms with E-state index in [1.807, 2.05) is 45.9 Å². The first-order valence-electron chi connectivity index (χ1n) is 15.0. The number of hydrogen-bond acceptors (Lipinski definition) is 7. The van der Waals surface area contributed by atoms with Crippen molar-refractivity contribution in [1.29, 1.82) is 0 Å². The summed E-state index contributed by atoms with van der Waals surface area (Å²) >= 11 is 0. The molecule has 1 aromatic rings. The van der Waals surface area contributed by atoms with Gasteiger partial charge in [0, 0.05) is 19.7 Å². The predicted octanol–water partition coefficient (Wildman–Crippen LogP) is 2.43. The summed E-state index contributed by atoms with van der Waals surface area (Å²) in [7, 11) is -0.673. The van der Waals surface area contributed by atoms with Crippen molar-refractivity contribution < 1.29 is 33.2 Å². The molecule has 0 spiro atoms. The Morgan fingerprint density at radius 1 is 0.976 bits per heavy atom. The molecule has 3 saturated heterocycles. The van der Waals surface area contributed by atoms with Gasteiger partial charge in [-0.15, -0.1) is 0 Å². The van der Waals surface area contributed by atoms with Crippen LogP contribution in [0.1, 0.15) is 71.8 Å². The van der Waals surface area contributed by atoms with Gasteiger partial charge in [-0.2, -0.15) is 0 Å². The Bertz CT molecular complexity index is 978. The van der Waals surface area contributed by atoms with Crippen LogP contribution in [0.3, 0.4) is 0 Å². The van der Waals surface area contributed by atoms with Gasteiger partial charge in [0.05, 0.1) is 36.8 Å². The molecule has 10 nitrogen and oxygen atoms in total. The lowest BCUT2D eigenvalue weighted by Crippen LogP contribution is -2.57. The lowest BCUT2D eigenvalue weighted by atomic mass is 9.75. The highest BCUT2D eigenvalue weighted by Gasteiger charge is 2.54. The Kier molecular flexibility index (Phi) is 10.8. The van der Waals surface area contributed by atoms with Crippen molar-refractivity contribution in [3.8, 4) is 0 Å². The summed E-state index contributed by atoms with van der Waals surface area (Å²) in [6.45, 7) is 10.2. The van der Waals surface area contributed by atoms with E-state index in [1.54, 1.807) is 4.90 Å². The lowest BCUT2D eigenvalue weighted by Gasteiger charge is -2.32. The van der Waals surface area contributed by atoms with Crippen molar-refractivity contribution in [2.75, 3.05) is 32.9 Å². The molecule has 0 radical (unpaired) electrons. The van der Waals surface area contributed by atoms with Crippen LogP contribution in [-0.4, -0.2) is 91.9 Å². The standard InChI is InChI=1S/C30H46BN3O7/c1-29(2)30(3,4)41-31(40-29)25(15-10-13-22-11-6-5-7-12-22)33-27(36)23(21-26(35)34-16-19-38-20-17-34)32-28(37)24-14-8-9-18-39-24/h5-7,11-12,23-25H,8-10,13-21H2,1-4H3,(H,32,37)(H,33,36)/t23?,24-,25?/m0/s1. The molecule has 0 bridgehead atoms. The van der Waals surface area contributed by atoms with Crippen LogP contribution in [0.25, 0.3) is 0 Å². The first-order valence-corrected chi connectivity index (χ1v) is 15.0. The maximum Gasteiger partial charge on any atom is 0.481 e. The first kappa shape index (κ1) is 31.5. The fourth-order valence-electron chi connectivity index (χ4n) is 5.32. The zero-order chi connectivity index (χ0) is 29.5. The highest BCUT2D eigenvalue weighted by Crippen LogP contribution is 2.38. The Balaban J connectivity index is 1.48. The third-order valence-corrected chi connectivity index (χ3v) is 8.60. The number of amides is 3. The quantitative estimate of drug-likeness (QED) is 0.392. The molecule has 0 aromatic heterocycles. The summed E-state index contributed by atoms with van der Waals surface area (Å²) in [6, 6.07) is 9.12. The van der Waals surface area contributed by atoms with E-state index in [0.717, 1.165) is 25.7 Å². The number of rotatable bonds is 11. The van der Waals surface area contributed by atoms with E-state index in [-0.39, 0.29) is 18.2 Å². The van der Waals surface area contributed by atoms with Gasteiger partial charge >= 0.3 is 7.12 Å². The Morgan fingerprint density at radius 3 is 2.29 bits per heavy atom. The minimum absolute atomic E-state index is 0.148. The molecule has 3 fully saturated rings. The molecule has 0 saturated carbocycles. The van der Waals surface area contributed by atoms with Crippen LogP contribution in [0.4, 0.5) is 0 Å². The predicted molar refractivity (Wildman–Crippen MR) is 155 cm³/mol. The second kappa shape index (κ2) is 14.1. The fraction of sp³-hybridized carbons (Fsp3) is 0.700. The molecule has 1 aromatic carbocycles. The van der Waals surface area contributed by atoms with E-state index < -0.39 is 42.3 Å². The maximum atomic E-state index is 13.8. The van der Waals surface area contributed by atoms with Crippen molar-refractivity contribution in [3.63, 3.8) is 0 Å². The molecule has 3 aliphatic heterocycles. The van der Waals surface area contributed by atoms with Crippen molar-refractivity contribution in [2.45, 2.75) is 102 Å². The number of morpholine rings is 1. The molecule has 2 unspecified atom stereocenters. The van der Waals surface area contributed by atoms with Gasteiger partial charge in [-0.05, 0) is 71.8 Å². The molecule has 41 heavy (non-hydrogen) atoms. The van der Waals surface area contributed by atoms with Crippen LogP contribution in [0.2, 0.25) is 0 Å². The Hall–Kier alpha value is -2.47. The van der Waals surface area contributed by atoms with Crippen LogP contribution in [-0.2, 0) is 39.6 Å². The van der Waals surface area contributed by atoms with E-state index in [9.17, 15) is 14.4 Å². The van der Waals surface area contributed by atoms with Crippen molar-refractivity contribution >= 4 is 24.8 Å². The Labute approximate surface area is 244 Å². The largest absolute Gasteiger partial charge is 0.481 e. The van der Waals surface area contributed by atoms with Crippen LogP contribution >= 0.6 is 0 Å². The molecule has 11 heteroatoms. The van der Waals surface area contributed by atoms with E-state index in [0.29, 0.717) is 45.8 Å². The average Bonchev–Trinajstić information content (AvgIpc) is 3.19. The SMILES string of the molecule is CC1(C)OB(C(CCCc2ccccc2)NC(=O)C(CC(=O)N2CCOCC2)NC(=O)[C@@H]2CCCCO2)OC1(C)C. The number of nitrogens with one attached hydrogen (secondary N) is 2. The summed E-state index contributed by atoms with van der Waals surface area (Å²) in [6.07, 6.45) is 3.83. The van der Waals surface area contributed by atoms with Gasteiger partial charge in [-0.1, -0.05) is 30.3 Å². The summed E-state index contributed by atoms with van der Waals surface area (Å²) in [5, 5.41) is 5.93. The number of carbonyl (C=O) groups is 3. The number of aryl methyl sites for hydroxylation is 1. The lowest BCUT2D eigenvalue weighted by molar-refractivity contribution is -0.142. The Morgan fingerprint density at radius 2 is 1.66 bits per heavy atom. The second-order valence-corrected chi connectivity index (χ2v) is 12.2. The monoisotopic (exact) mass is 571 g/mol. The summed E-state index contributed by atoms with van der Waals surface area (Å²) in [4.78, 5) is 41.8. The third kappa shape index (κ3) is 8.53. The molecule has 0 aliphatic carbocycles. The van der Waals surface area contributed by atoms with Gasteiger partial charge in [0.2, 0.25) is 17.7 Å². The van der Waals surface area contributed by atoms with Crippen molar-refractivity contribution in [1.82, 2.24) is 15.5 Å². The molecule has 3 atom stereocenters. The number of nitrogens with zero attached hydrogens (tertiary/aromatic N) is 1. The molecule has 3 aliphatic rings. The number of ether oxygens (including phenoxy) is 2. The van der Waals surface area contributed by atoms with E-state index >= 15 is 0 Å². The second-order valence-electron chi connectivity index (χ2n) is 12.2. The van der Waals surface area contributed by atoms with E-state index in [2.05, 4.69) is 22.8 Å². The number of carbonyl (C=O) groups excluding carboxylic acids is 3. The summed E-state index contributed by atoms with van der Waals surface area (Å²) < 4.78 is 23.7. The molecule has 3 amide bonds. The smallest absolute Gasteiger partial charge is 0.402 e. The van der Waals surface area contributed by atoms with Crippen molar-refractivity contribution in [3.05, 3.63) is 35.9 Å². The summed E-state index contributed by atoms with van der Waals surface area (Å²) in [5.74, 6) is -1.48. The molecule has 226 valence electrons. The summed E-state index contributed by atoms with van der Waals surface area (Å²) in [5.41, 5.74) is 0.0663. The van der Waals surface area contributed by atoms with Crippen LogP contribution in [0, 0.1) is 0 Å². The molecule has 2 N–H and O–H groups in total. The fourth-order valence-corrected chi connectivity index (χ4v) is 5.32. The minimum Gasteiger partial charge on any atom is -0.402 e. The molecular formula is C30H46BN3O7. The van der Waals surface area contributed by atoms with Gasteiger partial charge < -0.3 is 34.3 Å². The van der Waals surface area contributed by atoms with Gasteiger partial charge in [0.1, 0.15) is 12.1 Å². The van der Waals surface area contributed by atoms with Gasteiger partial charge in [-0.25, -0.2) is 0 Å².